The summed E-state index contributed by atoms with van der Waals surface area (Å²) < 4.78 is 12.7. The van der Waals surface area contributed by atoms with E-state index < -0.39 is 0 Å². The van der Waals surface area contributed by atoms with Gasteiger partial charge in [-0.1, -0.05) is 25.5 Å². The van der Waals surface area contributed by atoms with Crippen molar-refractivity contribution in [2.75, 3.05) is 13.6 Å². The molecule has 1 aromatic carbocycles. The Hall–Kier alpha value is -0.930. The Morgan fingerprint density at radius 1 is 1.31 bits per heavy atom. The van der Waals surface area contributed by atoms with Crippen LogP contribution in [0, 0.1) is 5.82 Å². The maximum absolute atomic E-state index is 12.7. The van der Waals surface area contributed by atoms with Crippen molar-refractivity contribution in [2.24, 2.45) is 5.73 Å². The number of hydrogen-bond donors (Lipinski definition) is 1. The van der Waals surface area contributed by atoms with E-state index in [4.69, 9.17) is 5.73 Å². The molecular weight excluding hydrogens is 203 g/mol. The van der Waals surface area contributed by atoms with Crippen molar-refractivity contribution in [2.45, 2.75) is 32.4 Å². The lowest BCUT2D eigenvalue weighted by Gasteiger charge is -2.20. The second-order valence-electron chi connectivity index (χ2n) is 4.37. The predicted molar refractivity (Wildman–Crippen MR) is 65.6 cm³/mol. The van der Waals surface area contributed by atoms with Gasteiger partial charge in [0, 0.05) is 19.1 Å². The van der Waals surface area contributed by atoms with Gasteiger partial charge in [0.15, 0.2) is 0 Å². The molecule has 1 unspecified atom stereocenters. The molecule has 2 nitrogen and oxygen atoms in total. The average Bonchev–Trinajstić information content (AvgIpc) is 2.21. The van der Waals surface area contributed by atoms with Gasteiger partial charge in [-0.2, -0.15) is 0 Å². The molecule has 1 aromatic rings. The minimum atomic E-state index is -0.186. The fourth-order valence-electron chi connectivity index (χ4n) is 1.83. The third-order valence-electron chi connectivity index (χ3n) is 2.57. The van der Waals surface area contributed by atoms with E-state index in [1.165, 1.54) is 12.1 Å². The Kier molecular flexibility index (Phi) is 5.43. The molecule has 16 heavy (non-hydrogen) atoms. The predicted octanol–water partition coefficient (Wildman–Crippen LogP) is 2.38. The van der Waals surface area contributed by atoms with Gasteiger partial charge in [0.05, 0.1) is 0 Å². The van der Waals surface area contributed by atoms with Crippen LogP contribution in [0.1, 0.15) is 25.3 Å². The second kappa shape index (κ2) is 6.61. The third-order valence-corrected chi connectivity index (χ3v) is 2.57. The van der Waals surface area contributed by atoms with Gasteiger partial charge in [0.1, 0.15) is 5.82 Å². The van der Waals surface area contributed by atoms with Gasteiger partial charge in [0.2, 0.25) is 0 Å². The van der Waals surface area contributed by atoms with E-state index in [9.17, 15) is 4.39 Å². The second-order valence-corrected chi connectivity index (χ2v) is 4.37. The molecule has 0 bridgehead atoms. The van der Waals surface area contributed by atoms with Gasteiger partial charge in [-0.3, -0.25) is 0 Å². The molecule has 0 aliphatic heterocycles. The molecule has 1 atom stereocenters. The van der Waals surface area contributed by atoms with Gasteiger partial charge in [-0.05, 0) is 31.2 Å². The molecule has 0 fully saturated rings. The van der Waals surface area contributed by atoms with E-state index in [0.717, 1.165) is 31.5 Å². The number of rotatable bonds is 6. The van der Waals surface area contributed by atoms with E-state index in [2.05, 4.69) is 11.8 Å². The normalized spacial score (nSPS) is 13.1. The number of nitrogens with zero attached hydrogens (tertiary/aromatic N) is 1. The summed E-state index contributed by atoms with van der Waals surface area (Å²) in [7, 11) is 2.04. The summed E-state index contributed by atoms with van der Waals surface area (Å²) in [6.07, 6.45) is 2.17. The largest absolute Gasteiger partial charge is 0.327 e. The smallest absolute Gasteiger partial charge is 0.123 e. The van der Waals surface area contributed by atoms with Gasteiger partial charge < -0.3 is 10.6 Å². The first-order valence-corrected chi connectivity index (χ1v) is 5.80. The monoisotopic (exact) mass is 224 g/mol. The number of halogens is 1. The molecule has 0 radical (unpaired) electrons. The van der Waals surface area contributed by atoms with Crippen LogP contribution in [0.2, 0.25) is 0 Å². The fourth-order valence-corrected chi connectivity index (χ4v) is 1.83. The maximum Gasteiger partial charge on any atom is 0.123 e. The van der Waals surface area contributed by atoms with E-state index in [1.54, 1.807) is 0 Å². The maximum atomic E-state index is 12.7. The quantitative estimate of drug-likeness (QED) is 0.804. The molecule has 0 aliphatic rings. The van der Waals surface area contributed by atoms with Gasteiger partial charge in [0.25, 0.3) is 0 Å². The average molecular weight is 224 g/mol. The molecule has 0 spiro atoms. The van der Waals surface area contributed by atoms with Crippen LogP contribution in [0.15, 0.2) is 24.3 Å². The number of benzene rings is 1. The zero-order chi connectivity index (χ0) is 12.0. The molecule has 0 saturated carbocycles. The summed E-state index contributed by atoms with van der Waals surface area (Å²) in [5.41, 5.74) is 7.08. The van der Waals surface area contributed by atoms with Crippen molar-refractivity contribution < 1.29 is 4.39 Å². The first-order chi connectivity index (χ1) is 7.61. The molecule has 0 aliphatic carbocycles. The molecule has 90 valence electrons. The first kappa shape index (κ1) is 13.1. The van der Waals surface area contributed by atoms with Crippen LogP contribution in [0.4, 0.5) is 4.39 Å². The number of nitrogens with two attached hydrogens (primary N) is 1. The van der Waals surface area contributed by atoms with Crippen LogP contribution in [-0.2, 0) is 6.54 Å². The Morgan fingerprint density at radius 3 is 2.50 bits per heavy atom. The van der Waals surface area contributed by atoms with E-state index >= 15 is 0 Å². The highest BCUT2D eigenvalue weighted by atomic mass is 19.1. The summed E-state index contributed by atoms with van der Waals surface area (Å²) in [4.78, 5) is 2.17. The lowest BCUT2D eigenvalue weighted by Crippen LogP contribution is -2.34. The highest BCUT2D eigenvalue weighted by molar-refractivity contribution is 5.15. The zero-order valence-electron chi connectivity index (χ0n) is 10.1. The summed E-state index contributed by atoms with van der Waals surface area (Å²) in [5.74, 6) is -0.186. The molecule has 0 heterocycles. The Labute approximate surface area is 97.3 Å². The minimum Gasteiger partial charge on any atom is -0.327 e. The van der Waals surface area contributed by atoms with Crippen LogP contribution < -0.4 is 5.73 Å². The van der Waals surface area contributed by atoms with Crippen LogP contribution in [0.25, 0.3) is 0 Å². The summed E-state index contributed by atoms with van der Waals surface area (Å²) >= 11 is 0. The Balaban J connectivity index is 2.39. The topological polar surface area (TPSA) is 29.3 Å². The Morgan fingerprint density at radius 2 is 1.94 bits per heavy atom. The van der Waals surface area contributed by atoms with Crippen LogP contribution in [0.3, 0.4) is 0 Å². The number of hydrogen-bond acceptors (Lipinski definition) is 2. The van der Waals surface area contributed by atoms with E-state index in [1.807, 2.05) is 19.2 Å². The van der Waals surface area contributed by atoms with Gasteiger partial charge >= 0.3 is 0 Å². The molecule has 0 saturated heterocycles. The SMILES string of the molecule is CCCC(N)CN(C)Cc1ccc(F)cc1. The van der Waals surface area contributed by atoms with Gasteiger partial charge in [-0.15, -0.1) is 0 Å². The summed E-state index contributed by atoms with van der Waals surface area (Å²) in [6.45, 7) is 3.84. The molecule has 1 rings (SSSR count). The van der Waals surface area contributed by atoms with Crippen molar-refractivity contribution in [3.63, 3.8) is 0 Å². The first-order valence-electron chi connectivity index (χ1n) is 5.80. The highest BCUT2D eigenvalue weighted by Gasteiger charge is 2.06. The van der Waals surface area contributed by atoms with Crippen molar-refractivity contribution in [1.82, 2.24) is 4.90 Å². The molecule has 0 aromatic heterocycles. The van der Waals surface area contributed by atoms with Crippen molar-refractivity contribution >= 4 is 0 Å². The molecule has 3 heteroatoms. The number of likely N-dealkylation sites (N-methyl/N-ethyl adjacent to an activating group) is 1. The summed E-state index contributed by atoms with van der Waals surface area (Å²) in [5, 5.41) is 0. The van der Waals surface area contributed by atoms with Crippen LogP contribution in [0.5, 0.6) is 0 Å². The standard InChI is InChI=1S/C13H21FN2/c1-3-4-13(15)10-16(2)9-11-5-7-12(14)8-6-11/h5-8,13H,3-4,9-10,15H2,1-2H3. The lowest BCUT2D eigenvalue weighted by atomic mass is 10.1. The lowest BCUT2D eigenvalue weighted by molar-refractivity contribution is 0.297. The Bertz CT molecular complexity index is 297. The van der Waals surface area contributed by atoms with Crippen LogP contribution >= 0.6 is 0 Å². The minimum absolute atomic E-state index is 0.186. The van der Waals surface area contributed by atoms with Crippen molar-refractivity contribution in [3.05, 3.63) is 35.6 Å². The van der Waals surface area contributed by atoms with E-state index in [0.29, 0.717) is 0 Å². The highest BCUT2D eigenvalue weighted by Crippen LogP contribution is 2.06. The third kappa shape index (κ3) is 4.73. The molecule has 2 N–H and O–H groups in total. The molecular formula is C13H21FN2. The van der Waals surface area contributed by atoms with Gasteiger partial charge in [-0.25, -0.2) is 4.39 Å². The van der Waals surface area contributed by atoms with E-state index in [-0.39, 0.29) is 11.9 Å². The van der Waals surface area contributed by atoms with Crippen molar-refractivity contribution in [1.29, 1.82) is 0 Å². The van der Waals surface area contributed by atoms with Crippen LogP contribution in [-0.4, -0.2) is 24.5 Å². The zero-order valence-corrected chi connectivity index (χ0v) is 10.1. The fraction of sp³-hybridized carbons (Fsp3) is 0.538. The molecule has 0 amide bonds. The van der Waals surface area contributed by atoms with Crippen molar-refractivity contribution in [3.8, 4) is 0 Å². The summed E-state index contributed by atoms with van der Waals surface area (Å²) in [6, 6.07) is 6.86.